The van der Waals surface area contributed by atoms with Crippen molar-refractivity contribution < 1.29 is 14.0 Å². The molecule has 0 radical (unpaired) electrons. The molecule has 1 aromatic carbocycles. The fraction of sp³-hybridized carbons (Fsp3) is 0.357. The van der Waals surface area contributed by atoms with E-state index >= 15 is 0 Å². The second-order valence-corrected chi connectivity index (χ2v) is 5.00. The second kappa shape index (κ2) is 5.13. The van der Waals surface area contributed by atoms with Crippen molar-refractivity contribution in [2.45, 2.75) is 24.8 Å². The average molecular weight is 275 g/mol. The van der Waals surface area contributed by atoms with Gasteiger partial charge in [-0.05, 0) is 18.9 Å². The molecule has 0 spiro atoms. The van der Waals surface area contributed by atoms with Crippen molar-refractivity contribution in [1.82, 2.24) is 10.6 Å². The molecular weight excluding hydrogens is 261 g/mol. The van der Waals surface area contributed by atoms with Gasteiger partial charge in [-0.3, -0.25) is 9.59 Å². The fourth-order valence-corrected chi connectivity index (χ4v) is 2.15. The Morgan fingerprint density at radius 2 is 2.05 bits per heavy atom. The normalized spacial score (nSPS) is 22.4. The summed E-state index contributed by atoms with van der Waals surface area (Å²) in [6.45, 7) is 0.353. The van der Waals surface area contributed by atoms with Gasteiger partial charge in [0.15, 0.2) is 0 Å². The van der Waals surface area contributed by atoms with E-state index in [0.717, 1.165) is 12.8 Å². The van der Waals surface area contributed by atoms with Crippen molar-refractivity contribution in [1.29, 1.82) is 0 Å². The fourth-order valence-electron chi connectivity index (χ4n) is 2.15. The molecule has 0 aromatic heterocycles. The van der Waals surface area contributed by atoms with Crippen LogP contribution in [0.2, 0.25) is 0 Å². The van der Waals surface area contributed by atoms with Gasteiger partial charge in [-0.15, -0.1) is 0 Å². The molecule has 3 rings (SSSR count). The number of nitrogens with zero attached hydrogens (tertiary/aromatic N) is 1. The predicted octanol–water partition coefficient (Wildman–Crippen LogP) is 0.716. The van der Waals surface area contributed by atoms with Gasteiger partial charge in [-0.2, -0.15) is 4.99 Å². The van der Waals surface area contributed by atoms with Crippen molar-refractivity contribution in [3.63, 3.8) is 0 Å². The summed E-state index contributed by atoms with van der Waals surface area (Å²) < 4.78 is 13.7. The molecule has 2 aliphatic rings. The van der Waals surface area contributed by atoms with Crippen molar-refractivity contribution in [3.05, 3.63) is 35.6 Å². The van der Waals surface area contributed by atoms with Crippen molar-refractivity contribution in [3.8, 4) is 0 Å². The van der Waals surface area contributed by atoms with Crippen LogP contribution in [0.4, 0.5) is 4.39 Å². The largest absolute Gasteiger partial charge is 0.312 e. The topological polar surface area (TPSA) is 70.6 Å². The lowest BCUT2D eigenvalue weighted by Crippen LogP contribution is -2.47. The smallest absolute Gasteiger partial charge is 0.264 e. The standard InChI is InChI=1S/C14H14FN3O2/c15-10-4-2-1-3-9(10)12-13(19)17-11(18-14(12)20)7-16-8-5-6-8/h1-4,8,12,16H,5-7H2,(H,17,18,19,20). The molecule has 1 aliphatic heterocycles. The molecule has 0 bridgehead atoms. The molecule has 1 unspecified atom stereocenters. The molecule has 20 heavy (non-hydrogen) atoms. The minimum Gasteiger partial charge on any atom is -0.312 e. The summed E-state index contributed by atoms with van der Waals surface area (Å²) in [6.07, 6.45) is 2.21. The van der Waals surface area contributed by atoms with Gasteiger partial charge in [-0.25, -0.2) is 4.39 Å². The maximum absolute atomic E-state index is 13.7. The number of benzene rings is 1. The predicted molar refractivity (Wildman–Crippen MR) is 70.8 cm³/mol. The Kier molecular flexibility index (Phi) is 3.31. The molecule has 1 atom stereocenters. The van der Waals surface area contributed by atoms with E-state index in [0.29, 0.717) is 18.4 Å². The molecule has 104 valence electrons. The molecule has 6 heteroatoms. The number of rotatable bonds is 4. The van der Waals surface area contributed by atoms with Gasteiger partial charge in [0, 0.05) is 11.6 Å². The molecule has 1 aliphatic carbocycles. The highest BCUT2D eigenvalue weighted by molar-refractivity contribution is 6.19. The minimum absolute atomic E-state index is 0.0629. The Hall–Kier alpha value is -2.08. The van der Waals surface area contributed by atoms with Crippen molar-refractivity contribution in [2.75, 3.05) is 6.54 Å². The van der Waals surface area contributed by atoms with E-state index in [-0.39, 0.29) is 5.56 Å². The van der Waals surface area contributed by atoms with Crippen molar-refractivity contribution in [2.24, 2.45) is 4.99 Å². The second-order valence-electron chi connectivity index (χ2n) is 5.00. The number of hydrogen-bond donors (Lipinski definition) is 2. The van der Waals surface area contributed by atoms with Crippen LogP contribution >= 0.6 is 0 Å². The van der Waals surface area contributed by atoms with Crippen LogP contribution in [0.15, 0.2) is 29.3 Å². The van der Waals surface area contributed by atoms with E-state index < -0.39 is 23.5 Å². The Bertz CT molecular complexity index is 596. The van der Waals surface area contributed by atoms with E-state index in [2.05, 4.69) is 15.6 Å². The zero-order valence-electron chi connectivity index (χ0n) is 10.7. The lowest BCUT2D eigenvalue weighted by atomic mass is 9.95. The van der Waals surface area contributed by atoms with E-state index in [9.17, 15) is 14.0 Å². The van der Waals surface area contributed by atoms with Gasteiger partial charge in [0.05, 0.1) is 6.54 Å². The summed E-state index contributed by atoms with van der Waals surface area (Å²) in [6, 6.07) is 6.21. The highest BCUT2D eigenvalue weighted by Crippen LogP contribution is 2.23. The third kappa shape index (κ3) is 2.60. The first kappa shape index (κ1) is 12.9. The Labute approximate surface area is 115 Å². The molecular formula is C14H14FN3O2. The molecule has 2 amide bonds. The summed E-state index contributed by atoms with van der Waals surface area (Å²) in [5, 5.41) is 5.73. The maximum Gasteiger partial charge on any atom is 0.264 e. The first-order valence-corrected chi connectivity index (χ1v) is 6.55. The van der Waals surface area contributed by atoms with E-state index in [1.54, 1.807) is 6.07 Å². The zero-order valence-corrected chi connectivity index (χ0v) is 10.7. The Morgan fingerprint density at radius 1 is 1.30 bits per heavy atom. The van der Waals surface area contributed by atoms with Gasteiger partial charge in [0.1, 0.15) is 17.6 Å². The summed E-state index contributed by atoms with van der Waals surface area (Å²) >= 11 is 0. The van der Waals surface area contributed by atoms with Gasteiger partial charge >= 0.3 is 0 Å². The molecule has 0 saturated heterocycles. The zero-order chi connectivity index (χ0) is 14.1. The van der Waals surface area contributed by atoms with Crippen molar-refractivity contribution >= 4 is 17.6 Å². The van der Waals surface area contributed by atoms with Crippen LogP contribution in [0, 0.1) is 5.82 Å². The third-order valence-corrected chi connectivity index (χ3v) is 3.37. The molecule has 5 nitrogen and oxygen atoms in total. The van der Waals surface area contributed by atoms with Crippen LogP contribution < -0.4 is 10.6 Å². The first-order valence-electron chi connectivity index (χ1n) is 6.55. The molecule has 1 fully saturated rings. The summed E-state index contributed by atoms with van der Waals surface area (Å²) in [4.78, 5) is 27.9. The van der Waals surface area contributed by atoms with Crippen LogP contribution in [0.25, 0.3) is 0 Å². The number of hydrogen-bond acceptors (Lipinski definition) is 3. The van der Waals surface area contributed by atoms with Crippen LogP contribution in [-0.4, -0.2) is 30.2 Å². The number of nitrogens with one attached hydrogen (secondary N) is 2. The maximum atomic E-state index is 13.7. The van der Waals surface area contributed by atoms with Crippen LogP contribution in [-0.2, 0) is 9.59 Å². The van der Waals surface area contributed by atoms with Gasteiger partial charge < -0.3 is 10.6 Å². The molecule has 1 aromatic rings. The van der Waals surface area contributed by atoms with E-state index in [1.807, 2.05) is 0 Å². The number of amides is 2. The quantitative estimate of drug-likeness (QED) is 0.795. The highest BCUT2D eigenvalue weighted by atomic mass is 19.1. The van der Waals surface area contributed by atoms with Crippen LogP contribution in [0.5, 0.6) is 0 Å². The first-order chi connectivity index (χ1) is 9.65. The van der Waals surface area contributed by atoms with Gasteiger partial charge in [0.25, 0.3) is 5.91 Å². The van der Waals surface area contributed by atoms with Crippen LogP contribution in [0.1, 0.15) is 24.3 Å². The number of carbonyl (C=O) groups is 2. The Morgan fingerprint density at radius 3 is 2.70 bits per heavy atom. The lowest BCUT2D eigenvalue weighted by Gasteiger charge is -2.20. The van der Waals surface area contributed by atoms with Gasteiger partial charge in [-0.1, -0.05) is 18.2 Å². The summed E-state index contributed by atoms with van der Waals surface area (Å²) in [5.74, 6) is -2.61. The number of amidine groups is 1. The third-order valence-electron chi connectivity index (χ3n) is 3.37. The Balaban J connectivity index is 1.79. The number of aliphatic imine (C=N–C) groups is 1. The minimum atomic E-state index is -1.19. The highest BCUT2D eigenvalue weighted by Gasteiger charge is 2.35. The van der Waals surface area contributed by atoms with Gasteiger partial charge in [0.2, 0.25) is 5.91 Å². The summed E-state index contributed by atoms with van der Waals surface area (Å²) in [7, 11) is 0. The SMILES string of the molecule is O=C1N=C(CNC2CC2)NC(=O)C1c1ccccc1F. The molecule has 2 N–H and O–H groups in total. The molecule has 1 saturated carbocycles. The molecule has 1 heterocycles. The number of halogens is 1. The van der Waals surface area contributed by atoms with E-state index in [4.69, 9.17) is 0 Å². The number of carbonyl (C=O) groups excluding carboxylic acids is 2. The van der Waals surface area contributed by atoms with Crippen LogP contribution in [0.3, 0.4) is 0 Å². The summed E-state index contributed by atoms with van der Waals surface area (Å²) in [5.41, 5.74) is 0.0629. The van der Waals surface area contributed by atoms with E-state index in [1.165, 1.54) is 18.2 Å². The average Bonchev–Trinajstić information content (AvgIpc) is 3.22. The monoisotopic (exact) mass is 275 g/mol. The lowest BCUT2D eigenvalue weighted by molar-refractivity contribution is -0.130.